The van der Waals surface area contributed by atoms with E-state index in [1.165, 1.54) is 6.07 Å². The molecule has 4 heteroatoms. The molecule has 0 aromatic heterocycles. The summed E-state index contributed by atoms with van der Waals surface area (Å²) in [6, 6.07) is 4.95. The van der Waals surface area contributed by atoms with Gasteiger partial charge in [0, 0.05) is 25.1 Å². The number of aliphatic hydroxyl groups is 1. The molecule has 100 valence electrons. The summed E-state index contributed by atoms with van der Waals surface area (Å²) in [5.41, 5.74) is 0.905. The predicted octanol–water partition coefficient (Wildman–Crippen LogP) is 3.07. The molecular formula is C14H19ClFNO. The first-order valence-corrected chi connectivity index (χ1v) is 6.67. The van der Waals surface area contributed by atoms with Crippen LogP contribution >= 0.6 is 11.6 Å². The summed E-state index contributed by atoms with van der Waals surface area (Å²) in [7, 11) is 0. The number of hydrogen-bond acceptors (Lipinski definition) is 2. The zero-order valence-electron chi connectivity index (χ0n) is 10.6. The molecule has 0 spiro atoms. The smallest absolute Gasteiger partial charge is 0.142 e. The molecule has 2 nitrogen and oxygen atoms in total. The normalized spacial score (nSPS) is 25.3. The van der Waals surface area contributed by atoms with Crippen LogP contribution in [0, 0.1) is 11.2 Å². The first-order valence-electron chi connectivity index (χ1n) is 6.30. The number of likely N-dealkylation sites (tertiary alicyclic amines) is 1. The van der Waals surface area contributed by atoms with Gasteiger partial charge in [0.05, 0.1) is 5.02 Å². The highest BCUT2D eigenvalue weighted by Gasteiger charge is 2.30. The van der Waals surface area contributed by atoms with E-state index in [9.17, 15) is 9.50 Å². The summed E-state index contributed by atoms with van der Waals surface area (Å²) < 4.78 is 13.4. The van der Waals surface area contributed by atoms with Gasteiger partial charge < -0.3 is 5.11 Å². The summed E-state index contributed by atoms with van der Waals surface area (Å²) >= 11 is 5.67. The maximum Gasteiger partial charge on any atom is 0.142 e. The lowest BCUT2D eigenvalue weighted by Crippen LogP contribution is -2.43. The van der Waals surface area contributed by atoms with Crippen LogP contribution in [0.25, 0.3) is 0 Å². The molecule has 1 heterocycles. The van der Waals surface area contributed by atoms with Gasteiger partial charge >= 0.3 is 0 Å². The van der Waals surface area contributed by atoms with Crippen molar-refractivity contribution in [3.63, 3.8) is 0 Å². The van der Waals surface area contributed by atoms with Crippen molar-refractivity contribution in [3.8, 4) is 0 Å². The molecule has 1 aliphatic heterocycles. The zero-order chi connectivity index (χ0) is 13.2. The Morgan fingerprint density at radius 1 is 1.50 bits per heavy atom. The number of halogens is 2. The molecule has 1 aromatic carbocycles. The monoisotopic (exact) mass is 271 g/mol. The number of hydrogen-bond donors (Lipinski definition) is 1. The first-order chi connectivity index (χ1) is 8.52. The van der Waals surface area contributed by atoms with E-state index in [1.54, 1.807) is 6.07 Å². The van der Waals surface area contributed by atoms with Crippen LogP contribution in [-0.4, -0.2) is 29.7 Å². The lowest BCUT2D eigenvalue weighted by molar-refractivity contribution is 0.0429. The van der Waals surface area contributed by atoms with Crippen LogP contribution in [0.15, 0.2) is 18.2 Å². The third kappa shape index (κ3) is 3.22. The summed E-state index contributed by atoms with van der Waals surface area (Å²) in [5, 5.41) is 9.57. The summed E-state index contributed by atoms with van der Waals surface area (Å²) in [5.74, 6) is -0.365. The summed E-state index contributed by atoms with van der Waals surface area (Å²) in [6.07, 6.45) is 2.13. The molecule has 1 unspecified atom stereocenters. The Hall–Kier alpha value is -0.640. The topological polar surface area (TPSA) is 23.5 Å². The third-order valence-corrected chi connectivity index (χ3v) is 3.94. The highest BCUT2D eigenvalue weighted by molar-refractivity contribution is 6.30. The van der Waals surface area contributed by atoms with Crippen molar-refractivity contribution in [1.29, 1.82) is 0 Å². The van der Waals surface area contributed by atoms with Gasteiger partial charge in [0.15, 0.2) is 0 Å². The van der Waals surface area contributed by atoms with Crippen molar-refractivity contribution in [2.24, 2.45) is 5.41 Å². The highest BCUT2D eigenvalue weighted by atomic mass is 35.5. The number of benzene rings is 1. The molecule has 1 saturated heterocycles. The van der Waals surface area contributed by atoms with Crippen molar-refractivity contribution < 1.29 is 9.50 Å². The van der Waals surface area contributed by atoms with Crippen LogP contribution < -0.4 is 0 Å². The van der Waals surface area contributed by atoms with E-state index in [2.05, 4.69) is 11.8 Å². The van der Waals surface area contributed by atoms with Crippen molar-refractivity contribution in [2.45, 2.75) is 26.3 Å². The predicted molar refractivity (Wildman–Crippen MR) is 71.1 cm³/mol. The van der Waals surface area contributed by atoms with Crippen molar-refractivity contribution >= 4 is 11.6 Å². The standard InChI is InChI=1S/C14H19ClFNO/c1-14(10-18)5-2-6-17(9-14)8-11-3-4-12(15)13(16)7-11/h3-4,7,18H,2,5-6,8-10H2,1H3. The van der Waals surface area contributed by atoms with Crippen LogP contribution in [0.5, 0.6) is 0 Å². The Morgan fingerprint density at radius 2 is 2.28 bits per heavy atom. The van der Waals surface area contributed by atoms with Gasteiger partial charge in [0.25, 0.3) is 0 Å². The molecule has 1 fully saturated rings. The second kappa shape index (κ2) is 5.55. The highest BCUT2D eigenvalue weighted by Crippen LogP contribution is 2.29. The van der Waals surface area contributed by atoms with Crippen LogP contribution in [0.3, 0.4) is 0 Å². The van der Waals surface area contributed by atoms with E-state index < -0.39 is 0 Å². The SMILES string of the molecule is CC1(CO)CCCN(Cc2ccc(Cl)c(F)c2)C1. The largest absolute Gasteiger partial charge is 0.396 e. The lowest BCUT2D eigenvalue weighted by Gasteiger charge is -2.39. The van der Waals surface area contributed by atoms with Gasteiger partial charge in [-0.25, -0.2) is 4.39 Å². The molecule has 1 aromatic rings. The maximum absolute atomic E-state index is 13.4. The Labute approximate surface area is 112 Å². The minimum absolute atomic E-state index is 0.0246. The number of rotatable bonds is 3. The van der Waals surface area contributed by atoms with Gasteiger partial charge in [-0.1, -0.05) is 24.6 Å². The second-order valence-corrected chi connectivity index (χ2v) is 5.94. The molecule has 0 amide bonds. The van der Waals surface area contributed by atoms with E-state index in [4.69, 9.17) is 11.6 Å². The molecule has 1 N–H and O–H groups in total. The molecule has 0 aliphatic carbocycles. The molecule has 1 atom stereocenters. The van der Waals surface area contributed by atoms with Crippen molar-refractivity contribution in [2.75, 3.05) is 19.7 Å². The van der Waals surface area contributed by atoms with E-state index in [0.717, 1.165) is 31.5 Å². The number of aliphatic hydroxyl groups excluding tert-OH is 1. The average molecular weight is 272 g/mol. The fourth-order valence-electron chi connectivity index (χ4n) is 2.59. The van der Waals surface area contributed by atoms with Gasteiger partial charge in [0.1, 0.15) is 5.82 Å². The van der Waals surface area contributed by atoms with Crippen LogP contribution in [0.2, 0.25) is 5.02 Å². The second-order valence-electron chi connectivity index (χ2n) is 5.53. The molecule has 0 bridgehead atoms. The molecule has 2 rings (SSSR count). The Bertz CT molecular complexity index is 426. The molecule has 18 heavy (non-hydrogen) atoms. The minimum atomic E-state index is -0.365. The van der Waals surface area contributed by atoms with Crippen LogP contribution in [-0.2, 0) is 6.54 Å². The Kier molecular flexibility index (Phi) is 4.25. The van der Waals surface area contributed by atoms with Gasteiger partial charge in [-0.15, -0.1) is 0 Å². The molecule has 0 radical (unpaired) electrons. The lowest BCUT2D eigenvalue weighted by atomic mass is 9.82. The van der Waals surface area contributed by atoms with Crippen LogP contribution in [0.1, 0.15) is 25.3 Å². The van der Waals surface area contributed by atoms with Gasteiger partial charge in [-0.2, -0.15) is 0 Å². The fourth-order valence-corrected chi connectivity index (χ4v) is 2.71. The van der Waals surface area contributed by atoms with E-state index in [1.807, 2.05) is 6.07 Å². The maximum atomic E-state index is 13.4. The Morgan fingerprint density at radius 3 is 2.94 bits per heavy atom. The van der Waals surface area contributed by atoms with E-state index in [-0.39, 0.29) is 22.9 Å². The van der Waals surface area contributed by atoms with Gasteiger partial charge in [-0.05, 0) is 37.1 Å². The summed E-state index contributed by atoms with van der Waals surface area (Å²) in [6.45, 7) is 4.87. The van der Waals surface area contributed by atoms with E-state index >= 15 is 0 Å². The van der Waals surface area contributed by atoms with Crippen LogP contribution in [0.4, 0.5) is 4.39 Å². The Balaban J connectivity index is 2.02. The van der Waals surface area contributed by atoms with Gasteiger partial charge in [-0.3, -0.25) is 4.90 Å². The summed E-state index contributed by atoms with van der Waals surface area (Å²) in [4.78, 5) is 2.27. The molecule has 0 saturated carbocycles. The molecular weight excluding hydrogens is 253 g/mol. The van der Waals surface area contributed by atoms with E-state index in [0.29, 0.717) is 6.54 Å². The van der Waals surface area contributed by atoms with Crippen molar-refractivity contribution in [1.82, 2.24) is 4.90 Å². The first kappa shape index (κ1) is 13.8. The quantitative estimate of drug-likeness (QED) is 0.913. The number of piperidine rings is 1. The van der Waals surface area contributed by atoms with Crippen molar-refractivity contribution in [3.05, 3.63) is 34.6 Å². The van der Waals surface area contributed by atoms with Gasteiger partial charge in [0.2, 0.25) is 0 Å². The number of nitrogens with zero attached hydrogens (tertiary/aromatic N) is 1. The fraction of sp³-hybridized carbons (Fsp3) is 0.571. The molecule has 1 aliphatic rings. The average Bonchev–Trinajstić information content (AvgIpc) is 2.34. The third-order valence-electron chi connectivity index (χ3n) is 3.63. The zero-order valence-corrected chi connectivity index (χ0v) is 11.4. The minimum Gasteiger partial charge on any atom is -0.396 e.